The fraction of sp³-hybridized carbons (Fsp3) is 0.0625. The van der Waals surface area contributed by atoms with E-state index in [2.05, 4.69) is 15.5 Å². The maximum Gasteiger partial charge on any atom is 0.255 e. The monoisotopic (exact) mass is 296 g/mol. The van der Waals surface area contributed by atoms with Gasteiger partial charge in [-0.15, -0.1) is 10.2 Å². The molecule has 1 aromatic heterocycles. The van der Waals surface area contributed by atoms with Crippen LogP contribution in [0.4, 0.5) is 10.1 Å². The van der Waals surface area contributed by atoms with Crippen molar-refractivity contribution in [3.05, 3.63) is 72.1 Å². The van der Waals surface area contributed by atoms with Crippen molar-refractivity contribution in [3.8, 4) is 5.69 Å². The molecule has 0 radical (unpaired) electrons. The van der Waals surface area contributed by atoms with Crippen LogP contribution in [0.15, 0.2) is 54.9 Å². The number of hydrogen-bond acceptors (Lipinski definition) is 3. The van der Waals surface area contributed by atoms with E-state index in [-0.39, 0.29) is 11.7 Å². The molecular weight excluding hydrogens is 283 g/mol. The Kier molecular flexibility index (Phi) is 3.65. The third-order valence-corrected chi connectivity index (χ3v) is 3.23. The Bertz CT molecular complexity index is 794. The molecule has 0 spiro atoms. The third kappa shape index (κ3) is 2.85. The fourth-order valence-corrected chi connectivity index (χ4v) is 2.06. The van der Waals surface area contributed by atoms with Gasteiger partial charge in [0.1, 0.15) is 18.0 Å². The molecule has 0 bridgehead atoms. The largest absolute Gasteiger partial charge is 0.322 e. The lowest BCUT2D eigenvalue weighted by atomic mass is 10.2. The highest BCUT2D eigenvalue weighted by Crippen LogP contribution is 2.13. The summed E-state index contributed by atoms with van der Waals surface area (Å²) in [7, 11) is 0. The van der Waals surface area contributed by atoms with Gasteiger partial charge in [0, 0.05) is 16.9 Å². The topological polar surface area (TPSA) is 59.8 Å². The average molecular weight is 296 g/mol. The van der Waals surface area contributed by atoms with Crippen LogP contribution < -0.4 is 5.32 Å². The molecule has 0 aliphatic heterocycles. The standard InChI is InChI=1S/C16H13FN4O/c1-11-20-18-10-21(11)15-8-2-12(3-9-15)16(22)19-14-6-4-13(17)5-7-14/h2-10H,1H3,(H,19,22). The highest BCUT2D eigenvalue weighted by molar-refractivity contribution is 6.04. The summed E-state index contributed by atoms with van der Waals surface area (Å²) in [4.78, 5) is 12.1. The Morgan fingerprint density at radius 3 is 2.36 bits per heavy atom. The van der Waals surface area contributed by atoms with Crippen LogP contribution in [0, 0.1) is 12.7 Å². The summed E-state index contributed by atoms with van der Waals surface area (Å²) in [6.07, 6.45) is 1.61. The summed E-state index contributed by atoms with van der Waals surface area (Å²) in [6.45, 7) is 1.85. The van der Waals surface area contributed by atoms with E-state index >= 15 is 0 Å². The molecule has 110 valence electrons. The first-order valence-corrected chi connectivity index (χ1v) is 6.67. The number of rotatable bonds is 3. The van der Waals surface area contributed by atoms with Gasteiger partial charge in [0.15, 0.2) is 0 Å². The summed E-state index contributed by atoms with van der Waals surface area (Å²) in [5, 5.41) is 10.5. The second-order valence-corrected chi connectivity index (χ2v) is 4.76. The minimum Gasteiger partial charge on any atom is -0.322 e. The van der Waals surface area contributed by atoms with E-state index in [0.717, 1.165) is 11.5 Å². The van der Waals surface area contributed by atoms with Crippen molar-refractivity contribution in [2.24, 2.45) is 0 Å². The molecule has 3 aromatic rings. The molecule has 1 amide bonds. The first kappa shape index (κ1) is 13.9. The molecule has 0 aliphatic carbocycles. The maximum absolute atomic E-state index is 12.8. The number of amides is 1. The van der Waals surface area contributed by atoms with E-state index in [0.29, 0.717) is 11.3 Å². The van der Waals surface area contributed by atoms with E-state index < -0.39 is 0 Å². The van der Waals surface area contributed by atoms with Gasteiger partial charge in [-0.25, -0.2) is 4.39 Å². The highest BCUT2D eigenvalue weighted by Gasteiger charge is 2.07. The Morgan fingerprint density at radius 2 is 1.77 bits per heavy atom. The zero-order valence-electron chi connectivity index (χ0n) is 11.8. The van der Waals surface area contributed by atoms with Crippen molar-refractivity contribution in [2.45, 2.75) is 6.92 Å². The smallest absolute Gasteiger partial charge is 0.255 e. The van der Waals surface area contributed by atoms with Gasteiger partial charge in [0.05, 0.1) is 0 Å². The minimum atomic E-state index is -0.341. The summed E-state index contributed by atoms with van der Waals surface area (Å²) in [5.41, 5.74) is 1.93. The average Bonchev–Trinajstić information content (AvgIpc) is 2.96. The number of nitrogens with one attached hydrogen (secondary N) is 1. The molecule has 0 unspecified atom stereocenters. The van der Waals surface area contributed by atoms with Crippen LogP contribution >= 0.6 is 0 Å². The lowest BCUT2D eigenvalue weighted by molar-refractivity contribution is 0.102. The van der Waals surface area contributed by atoms with Crippen molar-refractivity contribution >= 4 is 11.6 Å². The van der Waals surface area contributed by atoms with Crippen LogP contribution in [0.25, 0.3) is 5.69 Å². The van der Waals surface area contributed by atoms with E-state index in [4.69, 9.17) is 0 Å². The Morgan fingerprint density at radius 1 is 1.09 bits per heavy atom. The number of aromatic nitrogens is 3. The number of halogens is 1. The van der Waals surface area contributed by atoms with Crippen molar-refractivity contribution in [3.63, 3.8) is 0 Å². The summed E-state index contributed by atoms with van der Waals surface area (Å²) in [6, 6.07) is 12.7. The molecule has 1 heterocycles. The lowest BCUT2D eigenvalue weighted by Gasteiger charge is -2.07. The summed E-state index contributed by atoms with van der Waals surface area (Å²) < 4.78 is 14.7. The van der Waals surface area contributed by atoms with Crippen molar-refractivity contribution in [1.82, 2.24) is 14.8 Å². The zero-order chi connectivity index (χ0) is 15.5. The van der Waals surface area contributed by atoms with Gasteiger partial charge in [-0.2, -0.15) is 0 Å². The SMILES string of the molecule is Cc1nncn1-c1ccc(C(=O)Nc2ccc(F)cc2)cc1. The predicted octanol–water partition coefficient (Wildman–Crippen LogP) is 2.97. The van der Waals surface area contributed by atoms with Gasteiger partial charge in [-0.3, -0.25) is 9.36 Å². The number of aryl methyl sites for hydroxylation is 1. The quantitative estimate of drug-likeness (QED) is 0.808. The van der Waals surface area contributed by atoms with Gasteiger partial charge in [-0.05, 0) is 55.5 Å². The van der Waals surface area contributed by atoms with Crippen LogP contribution in [-0.2, 0) is 0 Å². The first-order chi connectivity index (χ1) is 10.6. The van der Waals surface area contributed by atoms with Gasteiger partial charge >= 0.3 is 0 Å². The molecule has 0 saturated carbocycles. The van der Waals surface area contributed by atoms with Gasteiger partial charge in [0.2, 0.25) is 0 Å². The second kappa shape index (κ2) is 5.77. The third-order valence-electron chi connectivity index (χ3n) is 3.23. The van der Waals surface area contributed by atoms with E-state index in [1.165, 1.54) is 24.3 Å². The molecule has 3 rings (SSSR count). The Hall–Kier alpha value is -3.02. The van der Waals surface area contributed by atoms with Crippen molar-refractivity contribution in [2.75, 3.05) is 5.32 Å². The number of benzene rings is 2. The highest BCUT2D eigenvalue weighted by atomic mass is 19.1. The Balaban J connectivity index is 1.76. The van der Waals surface area contributed by atoms with Gasteiger partial charge in [-0.1, -0.05) is 0 Å². The molecule has 5 nitrogen and oxygen atoms in total. The van der Waals surface area contributed by atoms with E-state index in [9.17, 15) is 9.18 Å². The maximum atomic E-state index is 12.8. The van der Waals surface area contributed by atoms with Crippen LogP contribution in [0.5, 0.6) is 0 Å². The molecule has 0 atom stereocenters. The van der Waals surface area contributed by atoms with E-state index in [1.807, 2.05) is 23.6 Å². The number of nitrogens with zero attached hydrogens (tertiary/aromatic N) is 3. The number of carbonyl (C=O) groups excluding carboxylic acids is 1. The molecule has 0 saturated heterocycles. The van der Waals surface area contributed by atoms with Crippen molar-refractivity contribution in [1.29, 1.82) is 0 Å². The summed E-state index contributed by atoms with van der Waals surface area (Å²) >= 11 is 0. The van der Waals surface area contributed by atoms with Gasteiger partial charge in [0.25, 0.3) is 5.91 Å². The molecule has 1 N–H and O–H groups in total. The number of anilines is 1. The first-order valence-electron chi connectivity index (χ1n) is 6.67. The molecule has 0 fully saturated rings. The molecule has 6 heteroatoms. The van der Waals surface area contributed by atoms with Crippen LogP contribution in [0.3, 0.4) is 0 Å². The van der Waals surface area contributed by atoms with E-state index in [1.54, 1.807) is 18.5 Å². The van der Waals surface area contributed by atoms with Crippen LogP contribution in [0.2, 0.25) is 0 Å². The lowest BCUT2D eigenvalue weighted by Crippen LogP contribution is -2.11. The van der Waals surface area contributed by atoms with Crippen molar-refractivity contribution < 1.29 is 9.18 Å². The molecule has 2 aromatic carbocycles. The molecule has 0 aliphatic rings. The Labute approximate surface area is 126 Å². The number of carbonyl (C=O) groups is 1. The zero-order valence-corrected chi connectivity index (χ0v) is 11.8. The minimum absolute atomic E-state index is 0.251. The van der Waals surface area contributed by atoms with Gasteiger partial charge < -0.3 is 5.32 Å². The van der Waals surface area contributed by atoms with Crippen LogP contribution in [0.1, 0.15) is 16.2 Å². The predicted molar refractivity (Wildman–Crippen MR) is 80.4 cm³/mol. The molecule has 22 heavy (non-hydrogen) atoms. The fourth-order valence-electron chi connectivity index (χ4n) is 2.06. The number of hydrogen-bond donors (Lipinski definition) is 1. The molecular formula is C16H13FN4O. The second-order valence-electron chi connectivity index (χ2n) is 4.76. The van der Waals surface area contributed by atoms with Crippen LogP contribution in [-0.4, -0.2) is 20.7 Å². The summed E-state index contributed by atoms with van der Waals surface area (Å²) in [5.74, 6) is 0.175. The normalized spacial score (nSPS) is 10.5.